The number of rotatable bonds is 2. The molecule has 0 radical (unpaired) electrons. The maximum absolute atomic E-state index is 13.1. The van der Waals surface area contributed by atoms with Gasteiger partial charge in [0.05, 0.1) is 10.5 Å². The molecule has 5 heteroatoms. The first-order valence-corrected chi connectivity index (χ1v) is 5.79. The quantitative estimate of drug-likeness (QED) is 0.895. The third-order valence-electron chi connectivity index (χ3n) is 2.52. The standard InChI is InChI=1S/C12H11BrFN3/c13-9-5-7(1-2-10(9)14)12(16)8-6-17-4-3-11(8)15/h1-6,12H,16H2,(H2,15,17). The summed E-state index contributed by atoms with van der Waals surface area (Å²) < 4.78 is 13.5. The van der Waals surface area contributed by atoms with E-state index in [-0.39, 0.29) is 5.82 Å². The molecule has 0 saturated heterocycles. The molecule has 0 bridgehead atoms. The van der Waals surface area contributed by atoms with Crippen LogP contribution in [0.5, 0.6) is 0 Å². The van der Waals surface area contributed by atoms with E-state index in [0.717, 1.165) is 11.1 Å². The van der Waals surface area contributed by atoms with Crippen LogP contribution >= 0.6 is 15.9 Å². The number of anilines is 1. The van der Waals surface area contributed by atoms with Gasteiger partial charge in [-0.2, -0.15) is 0 Å². The van der Waals surface area contributed by atoms with Gasteiger partial charge in [-0.15, -0.1) is 0 Å². The first kappa shape index (κ1) is 12.0. The van der Waals surface area contributed by atoms with E-state index in [1.165, 1.54) is 6.07 Å². The van der Waals surface area contributed by atoms with Crippen LogP contribution < -0.4 is 11.5 Å². The average Bonchev–Trinajstić information content (AvgIpc) is 2.32. The van der Waals surface area contributed by atoms with E-state index in [1.54, 1.807) is 30.6 Å². The monoisotopic (exact) mass is 295 g/mol. The summed E-state index contributed by atoms with van der Waals surface area (Å²) in [6.07, 6.45) is 3.23. The number of nitrogens with zero attached hydrogens (tertiary/aromatic N) is 1. The fourth-order valence-electron chi connectivity index (χ4n) is 1.56. The molecule has 1 aromatic heterocycles. The van der Waals surface area contributed by atoms with E-state index in [2.05, 4.69) is 20.9 Å². The Morgan fingerprint density at radius 1 is 1.29 bits per heavy atom. The number of nitrogens with two attached hydrogens (primary N) is 2. The van der Waals surface area contributed by atoms with Crippen LogP contribution in [0.25, 0.3) is 0 Å². The lowest BCUT2D eigenvalue weighted by molar-refractivity contribution is 0.619. The summed E-state index contributed by atoms with van der Waals surface area (Å²) in [6, 6.07) is 5.92. The van der Waals surface area contributed by atoms with Crippen molar-refractivity contribution in [3.05, 3.63) is 58.1 Å². The van der Waals surface area contributed by atoms with E-state index in [9.17, 15) is 4.39 Å². The molecule has 2 aromatic rings. The van der Waals surface area contributed by atoms with E-state index in [4.69, 9.17) is 11.5 Å². The molecule has 3 nitrogen and oxygen atoms in total. The third-order valence-corrected chi connectivity index (χ3v) is 3.13. The van der Waals surface area contributed by atoms with Crippen molar-refractivity contribution in [3.8, 4) is 0 Å². The number of benzene rings is 1. The topological polar surface area (TPSA) is 64.9 Å². The molecule has 2 rings (SSSR count). The van der Waals surface area contributed by atoms with E-state index >= 15 is 0 Å². The molecule has 1 heterocycles. The van der Waals surface area contributed by atoms with Crippen molar-refractivity contribution in [2.45, 2.75) is 6.04 Å². The van der Waals surface area contributed by atoms with Gasteiger partial charge in [-0.1, -0.05) is 6.07 Å². The second-order valence-electron chi connectivity index (χ2n) is 3.66. The van der Waals surface area contributed by atoms with Gasteiger partial charge in [-0.25, -0.2) is 4.39 Å². The Kier molecular flexibility index (Phi) is 3.40. The van der Waals surface area contributed by atoms with Gasteiger partial charge in [0, 0.05) is 23.6 Å². The lowest BCUT2D eigenvalue weighted by atomic mass is 10.00. The highest BCUT2D eigenvalue weighted by Gasteiger charge is 2.13. The van der Waals surface area contributed by atoms with Crippen molar-refractivity contribution in [2.24, 2.45) is 5.73 Å². The van der Waals surface area contributed by atoms with Crippen molar-refractivity contribution < 1.29 is 4.39 Å². The van der Waals surface area contributed by atoms with Gasteiger partial charge in [0.2, 0.25) is 0 Å². The van der Waals surface area contributed by atoms with Crippen LogP contribution in [-0.4, -0.2) is 4.98 Å². The van der Waals surface area contributed by atoms with Crippen LogP contribution in [0.3, 0.4) is 0 Å². The van der Waals surface area contributed by atoms with Crippen LogP contribution in [0.1, 0.15) is 17.2 Å². The Balaban J connectivity index is 2.40. The summed E-state index contributed by atoms with van der Waals surface area (Å²) in [4.78, 5) is 3.99. The summed E-state index contributed by atoms with van der Waals surface area (Å²) in [7, 11) is 0. The van der Waals surface area contributed by atoms with Gasteiger partial charge in [-0.05, 0) is 39.7 Å². The maximum Gasteiger partial charge on any atom is 0.137 e. The molecule has 0 fully saturated rings. The van der Waals surface area contributed by atoms with Crippen molar-refractivity contribution in [3.63, 3.8) is 0 Å². The molecule has 0 spiro atoms. The third kappa shape index (κ3) is 2.45. The molecule has 4 N–H and O–H groups in total. The Hall–Kier alpha value is -1.46. The van der Waals surface area contributed by atoms with Gasteiger partial charge in [0.1, 0.15) is 5.82 Å². The van der Waals surface area contributed by atoms with Gasteiger partial charge >= 0.3 is 0 Å². The predicted molar refractivity (Wildman–Crippen MR) is 68.8 cm³/mol. The van der Waals surface area contributed by atoms with E-state index in [1.807, 2.05) is 0 Å². The fraction of sp³-hybridized carbons (Fsp3) is 0.0833. The minimum atomic E-state index is -0.416. The zero-order chi connectivity index (χ0) is 12.4. The van der Waals surface area contributed by atoms with Gasteiger partial charge in [0.25, 0.3) is 0 Å². The number of halogens is 2. The largest absolute Gasteiger partial charge is 0.398 e. The molecule has 1 aromatic carbocycles. The fourth-order valence-corrected chi connectivity index (χ4v) is 1.96. The van der Waals surface area contributed by atoms with Crippen molar-refractivity contribution >= 4 is 21.6 Å². The molecule has 1 unspecified atom stereocenters. The Bertz CT molecular complexity index is 545. The van der Waals surface area contributed by atoms with Crippen LogP contribution in [0.4, 0.5) is 10.1 Å². The smallest absolute Gasteiger partial charge is 0.137 e. The molecule has 88 valence electrons. The predicted octanol–water partition coefficient (Wildman–Crippen LogP) is 2.61. The number of hydrogen-bond donors (Lipinski definition) is 2. The zero-order valence-corrected chi connectivity index (χ0v) is 10.5. The first-order valence-electron chi connectivity index (χ1n) is 4.99. The first-order chi connectivity index (χ1) is 8.09. The molecule has 0 aliphatic carbocycles. The summed E-state index contributed by atoms with van der Waals surface area (Å²) in [5, 5.41) is 0. The maximum atomic E-state index is 13.1. The van der Waals surface area contributed by atoms with Crippen molar-refractivity contribution in [2.75, 3.05) is 5.73 Å². The van der Waals surface area contributed by atoms with Gasteiger partial charge in [-0.3, -0.25) is 4.98 Å². The van der Waals surface area contributed by atoms with Crippen LogP contribution in [-0.2, 0) is 0 Å². The Morgan fingerprint density at radius 2 is 2.06 bits per heavy atom. The normalized spacial score (nSPS) is 12.4. The lowest BCUT2D eigenvalue weighted by Gasteiger charge is -2.14. The minimum absolute atomic E-state index is 0.319. The zero-order valence-electron chi connectivity index (χ0n) is 8.90. The summed E-state index contributed by atoms with van der Waals surface area (Å²) in [5.41, 5.74) is 14.0. The minimum Gasteiger partial charge on any atom is -0.398 e. The van der Waals surface area contributed by atoms with Crippen molar-refractivity contribution in [1.82, 2.24) is 4.98 Å². The molecule has 17 heavy (non-hydrogen) atoms. The summed E-state index contributed by atoms with van der Waals surface area (Å²) >= 11 is 3.13. The second-order valence-corrected chi connectivity index (χ2v) is 4.51. The average molecular weight is 296 g/mol. The van der Waals surface area contributed by atoms with Crippen LogP contribution in [0.15, 0.2) is 41.1 Å². The number of nitrogen functional groups attached to an aromatic ring is 1. The lowest BCUT2D eigenvalue weighted by Crippen LogP contribution is -2.14. The second kappa shape index (κ2) is 4.81. The Morgan fingerprint density at radius 3 is 2.71 bits per heavy atom. The van der Waals surface area contributed by atoms with Crippen molar-refractivity contribution in [1.29, 1.82) is 0 Å². The molecular weight excluding hydrogens is 285 g/mol. The highest BCUT2D eigenvalue weighted by molar-refractivity contribution is 9.10. The number of aromatic nitrogens is 1. The SMILES string of the molecule is Nc1ccncc1C(N)c1ccc(F)c(Br)c1. The molecule has 0 amide bonds. The summed E-state index contributed by atoms with van der Waals surface area (Å²) in [5.74, 6) is -0.319. The molecule has 1 atom stereocenters. The highest BCUT2D eigenvalue weighted by Crippen LogP contribution is 2.26. The van der Waals surface area contributed by atoms with Crippen LogP contribution in [0.2, 0.25) is 0 Å². The van der Waals surface area contributed by atoms with Crippen LogP contribution in [0, 0.1) is 5.82 Å². The Labute approximate surface area is 107 Å². The van der Waals surface area contributed by atoms with E-state index < -0.39 is 6.04 Å². The van der Waals surface area contributed by atoms with Gasteiger partial charge in [0.15, 0.2) is 0 Å². The number of pyridine rings is 1. The molecule has 0 saturated carbocycles. The molecule has 0 aliphatic heterocycles. The molecular formula is C12H11BrFN3. The summed E-state index contributed by atoms with van der Waals surface area (Å²) in [6.45, 7) is 0. The van der Waals surface area contributed by atoms with E-state index in [0.29, 0.717) is 10.2 Å². The number of hydrogen-bond acceptors (Lipinski definition) is 3. The highest BCUT2D eigenvalue weighted by atomic mass is 79.9. The van der Waals surface area contributed by atoms with Gasteiger partial charge < -0.3 is 11.5 Å². The molecule has 0 aliphatic rings.